The normalized spacial score (nSPS) is 11.9. The van der Waals surface area contributed by atoms with E-state index in [1.807, 2.05) is 36.4 Å². The van der Waals surface area contributed by atoms with E-state index in [1.165, 1.54) is 31.3 Å². The van der Waals surface area contributed by atoms with Crippen LogP contribution in [0.15, 0.2) is 65.8 Å². The molecule has 0 aliphatic rings. The summed E-state index contributed by atoms with van der Waals surface area (Å²) in [5, 5.41) is 16.9. The first kappa shape index (κ1) is 19.8. The molecule has 0 bridgehead atoms. The van der Waals surface area contributed by atoms with Gasteiger partial charge in [-0.25, -0.2) is 5.43 Å². The molecule has 0 fully saturated rings. The first-order chi connectivity index (χ1) is 14.0. The van der Waals surface area contributed by atoms with Gasteiger partial charge in [0.1, 0.15) is 5.75 Å². The summed E-state index contributed by atoms with van der Waals surface area (Å²) in [6.45, 7) is 1.49. The third-order valence-electron chi connectivity index (χ3n) is 4.25. The van der Waals surface area contributed by atoms with Crippen molar-refractivity contribution in [3.63, 3.8) is 0 Å². The molecule has 3 aromatic rings. The van der Waals surface area contributed by atoms with Gasteiger partial charge in [0.25, 0.3) is 5.91 Å². The Morgan fingerprint density at radius 1 is 1.07 bits per heavy atom. The van der Waals surface area contributed by atoms with Gasteiger partial charge in [-0.3, -0.25) is 14.9 Å². The van der Waals surface area contributed by atoms with Crippen LogP contribution < -0.4 is 14.9 Å². The lowest BCUT2D eigenvalue weighted by Crippen LogP contribution is -2.33. The van der Waals surface area contributed by atoms with Gasteiger partial charge in [-0.15, -0.1) is 0 Å². The van der Waals surface area contributed by atoms with Crippen molar-refractivity contribution in [3.05, 3.63) is 76.3 Å². The Kier molecular flexibility index (Phi) is 6.03. The van der Waals surface area contributed by atoms with Crippen molar-refractivity contribution < 1.29 is 19.2 Å². The van der Waals surface area contributed by atoms with E-state index >= 15 is 0 Å². The summed E-state index contributed by atoms with van der Waals surface area (Å²) in [6.07, 6.45) is 0.554. The van der Waals surface area contributed by atoms with E-state index < -0.39 is 16.9 Å². The second-order valence-electron chi connectivity index (χ2n) is 6.12. The van der Waals surface area contributed by atoms with Crippen molar-refractivity contribution in [1.82, 2.24) is 5.43 Å². The second kappa shape index (κ2) is 8.83. The van der Waals surface area contributed by atoms with Crippen molar-refractivity contribution in [1.29, 1.82) is 0 Å². The number of ether oxygens (including phenoxy) is 2. The van der Waals surface area contributed by atoms with Gasteiger partial charge in [-0.1, -0.05) is 36.4 Å². The minimum atomic E-state index is -0.971. The molecular formula is C21H19N3O5. The van der Waals surface area contributed by atoms with Gasteiger partial charge in [0.2, 0.25) is 0 Å². The minimum absolute atomic E-state index is 0.0188. The number of nitro groups is 1. The Morgan fingerprint density at radius 2 is 1.76 bits per heavy atom. The van der Waals surface area contributed by atoms with Crippen molar-refractivity contribution in [3.8, 4) is 11.5 Å². The maximum Gasteiger partial charge on any atom is 0.310 e. The van der Waals surface area contributed by atoms with E-state index in [1.54, 1.807) is 13.2 Å². The smallest absolute Gasteiger partial charge is 0.310 e. The van der Waals surface area contributed by atoms with Gasteiger partial charge in [0, 0.05) is 17.0 Å². The van der Waals surface area contributed by atoms with Crippen LogP contribution in [0.4, 0.5) is 5.69 Å². The van der Waals surface area contributed by atoms with E-state index in [0.29, 0.717) is 0 Å². The van der Waals surface area contributed by atoms with E-state index in [9.17, 15) is 14.9 Å². The highest BCUT2D eigenvalue weighted by Gasteiger charge is 2.20. The van der Waals surface area contributed by atoms with Gasteiger partial charge in [-0.05, 0) is 30.5 Å². The average Bonchev–Trinajstić information content (AvgIpc) is 2.73. The summed E-state index contributed by atoms with van der Waals surface area (Å²) in [5.74, 6) is 0.232. The molecule has 0 aromatic heterocycles. The molecule has 0 saturated heterocycles. The molecule has 1 atom stereocenters. The maximum absolute atomic E-state index is 12.2. The Balaban J connectivity index is 1.70. The summed E-state index contributed by atoms with van der Waals surface area (Å²) in [6, 6.07) is 17.2. The molecule has 0 saturated carbocycles. The summed E-state index contributed by atoms with van der Waals surface area (Å²) in [7, 11) is 1.61. The van der Waals surface area contributed by atoms with Crippen LogP contribution in [0.25, 0.3) is 10.8 Å². The molecule has 8 nitrogen and oxygen atoms in total. The van der Waals surface area contributed by atoms with Gasteiger partial charge in [0.05, 0.1) is 18.2 Å². The number of hydrogen-bond donors (Lipinski definition) is 1. The molecule has 0 unspecified atom stereocenters. The number of hydrogen-bond acceptors (Lipinski definition) is 6. The first-order valence-electron chi connectivity index (χ1n) is 8.80. The number of methoxy groups -OCH3 is 1. The SMILES string of the molecule is COc1ccc(/C=N\NC(=O)[C@H](C)Oc2ccccc2[N+](=O)[O-])c2ccccc12. The minimum Gasteiger partial charge on any atom is -0.496 e. The predicted molar refractivity (Wildman–Crippen MR) is 109 cm³/mol. The number of fused-ring (bicyclic) bond motifs is 1. The van der Waals surface area contributed by atoms with E-state index in [2.05, 4.69) is 10.5 Å². The molecule has 1 N–H and O–H groups in total. The Bertz CT molecular complexity index is 1080. The summed E-state index contributed by atoms with van der Waals surface area (Å²) in [4.78, 5) is 22.7. The fraction of sp³-hybridized carbons (Fsp3) is 0.143. The molecule has 3 aromatic carbocycles. The highest BCUT2D eigenvalue weighted by Crippen LogP contribution is 2.28. The summed E-state index contributed by atoms with van der Waals surface area (Å²) in [5.41, 5.74) is 2.99. The third kappa shape index (κ3) is 4.49. The Labute approximate surface area is 166 Å². The molecule has 148 valence electrons. The predicted octanol–water partition coefficient (Wildman–Crippen LogP) is 3.67. The van der Waals surface area contributed by atoms with Crippen LogP contribution in [0.2, 0.25) is 0 Å². The van der Waals surface area contributed by atoms with Crippen molar-refractivity contribution in [2.45, 2.75) is 13.0 Å². The number of carbonyl (C=O) groups is 1. The number of para-hydroxylation sites is 2. The van der Waals surface area contributed by atoms with Gasteiger partial charge in [-0.2, -0.15) is 5.10 Å². The van der Waals surface area contributed by atoms with E-state index in [0.717, 1.165) is 22.1 Å². The molecule has 3 rings (SSSR count). The molecule has 1 amide bonds. The Hall–Kier alpha value is -3.94. The number of benzene rings is 3. The van der Waals surface area contributed by atoms with Gasteiger partial charge in [0.15, 0.2) is 11.9 Å². The van der Waals surface area contributed by atoms with Crippen LogP contribution in [0, 0.1) is 10.1 Å². The van der Waals surface area contributed by atoms with Crippen LogP contribution in [0.3, 0.4) is 0 Å². The third-order valence-corrected chi connectivity index (χ3v) is 4.25. The molecule has 8 heteroatoms. The number of nitrogens with one attached hydrogen (secondary N) is 1. The zero-order valence-corrected chi connectivity index (χ0v) is 15.9. The highest BCUT2D eigenvalue weighted by atomic mass is 16.6. The molecule has 0 radical (unpaired) electrons. The topological polar surface area (TPSA) is 103 Å². The van der Waals surface area contributed by atoms with Gasteiger partial charge < -0.3 is 9.47 Å². The first-order valence-corrected chi connectivity index (χ1v) is 8.80. The molecule has 0 aliphatic heterocycles. The molecule has 0 aliphatic carbocycles. The lowest BCUT2D eigenvalue weighted by molar-refractivity contribution is -0.386. The van der Waals surface area contributed by atoms with Crippen LogP contribution in [-0.2, 0) is 4.79 Å². The van der Waals surface area contributed by atoms with Crippen LogP contribution in [0.5, 0.6) is 11.5 Å². The molecule has 29 heavy (non-hydrogen) atoms. The van der Waals surface area contributed by atoms with Crippen LogP contribution in [-0.4, -0.2) is 30.3 Å². The zero-order valence-electron chi connectivity index (χ0n) is 15.9. The monoisotopic (exact) mass is 393 g/mol. The van der Waals surface area contributed by atoms with Crippen molar-refractivity contribution >= 4 is 28.6 Å². The zero-order chi connectivity index (χ0) is 20.8. The van der Waals surface area contributed by atoms with Crippen LogP contribution >= 0.6 is 0 Å². The number of hydrazone groups is 1. The molecule has 0 heterocycles. The lowest BCUT2D eigenvalue weighted by Gasteiger charge is -2.13. The largest absolute Gasteiger partial charge is 0.496 e. The van der Waals surface area contributed by atoms with Crippen molar-refractivity contribution in [2.24, 2.45) is 5.10 Å². The average molecular weight is 393 g/mol. The standard InChI is InChI=1S/C21H19N3O5/c1-14(29-20-10-6-5-9-18(20)24(26)27)21(25)23-22-13-15-11-12-19(28-2)17-8-4-3-7-16(15)17/h3-14H,1-2H3,(H,23,25)/b22-13-/t14-/m0/s1. The number of nitrogens with zero attached hydrogens (tertiary/aromatic N) is 2. The summed E-state index contributed by atoms with van der Waals surface area (Å²) >= 11 is 0. The number of amides is 1. The fourth-order valence-corrected chi connectivity index (χ4v) is 2.79. The maximum atomic E-state index is 12.2. The Morgan fingerprint density at radius 3 is 2.48 bits per heavy atom. The second-order valence-corrected chi connectivity index (χ2v) is 6.12. The number of rotatable bonds is 7. The van der Waals surface area contributed by atoms with Gasteiger partial charge >= 0.3 is 5.69 Å². The van der Waals surface area contributed by atoms with E-state index in [-0.39, 0.29) is 11.4 Å². The summed E-state index contributed by atoms with van der Waals surface area (Å²) < 4.78 is 10.8. The molecular weight excluding hydrogens is 374 g/mol. The highest BCUT2D eigenvalue weighted by molar-refractivity contribution is 6.02. The quantitative estimate of drug-likeness (QED) is 0.375. The molecule has 0 spiro atoms. The van der Waals surface area contributed by atoms with Crippen molar-refractivity contribution in [2.75, 3.05) is 7.11 Å². The number of carbonyl (C=O) groups excluding carboxylic acids is 1. The lowest BCUT2D eigenvalue weighted by atomic mass is 10.0. The van der Waals surface area contributed by atoms with Crippen LogP contribution in [0.1, 0.15) is 12.5 Å². The number of nitro benzene ring substituents is 1. The van der Waals surface area contributed by atoms with E-state index in [4.69, 9.17) is 9.47 Å². The fourth-order valence-electron chi connectivity index (χ4n) is 2.79.